The average molecular weight is 276 g/mol. The molecule has 0 aliphatic carbocycles. The second-order valence-electron chi connectivity index (χ2n) is 2.66. The van der Waals surface area contributed by atoms with Crippen LogP contribution in [-0.4, -0.2) is 10.9 Å². The molecule has 0 saturated carbocycles. The van der Waals surface area contributed by atoms with E-state index >= 15 is 0 Å². The maximum Gasteiger partial charge on any atom is 0.134 e. The van der Waals surface area contributed by atoms with Gasteiger partial charge in [-0.1, -0.05) is 6.07 Å². The van der Waals surface area contributed by atoms with E-state index in [1.165, 1.54) is 6.92 Å². The number of halogens is 1. The van der Waals surface area contributed by atoms with Crippen LogP contribution in [-0.2, 0) is 11.2 Å². The predicted octanol–water partition coefficient (Wildman–Crippen LogP) is 2.13. The molecule has 1 N–H and O–H groups in total. The Morgan fingerprint density at radius 2 is 2.25 bits per heavy atom. The number of hydrogen-bond donors (Lipinski definition) is 1. The van der Waals surface area contributed by atoms with Crippen LogP contribution in [0.15, 0.2) is 18.2 Å². The Morgan fingerprint density at radius 1 is 1.58 bits per heavy atom. The molecule has 0 aromatic heterocycles. The molecule has 0 spiro atoms. The molecule has 1 aromatic carbocycles. The summed E-state index contributed by atoms with van der Waals surface area (Å²) < 4.78 is 0.805. The smallest absolute Gasteiger partial charge is 0.134 e. The molecule has 0 atom stereocenters. The number of carbonyl (C=O) groups excluding carboxylic acids is 1. The van der Waals surface area contributed by atoms with Crippen molar-refractivity contribution < 1.29 is 9.90 Å². The van der Waals surface area contributed by atoms with Gasteiger partial charge in [-0.25, -0.2) is 0 Å². The van der Waals surface area contributed by atoms with Gasteiger partial charge < -0.3 is 5.11 Å². The van der Waals surface area contributed by atoms with Crippen LogP contribution in [0, 0.1) is 3.57 Å². The lowest BCUT2D eigenvalue weighted by atomic mass is 10.1. The maximum atomic E-state index is 10.7. The predicted molar refractivity (Wildman–Crippen MR) is 55.2 cm³/mol. The van der Waals surface area contributed by atoms with Crippen molar-refractivity contribution in [2.75, 3.05) is 0 Å². The molecule has 2 nitrogen and oxygen atoms in total. The molecule has 0 bridgehead atoms. The third-order valence-corrected chi connectivity index (χ3v) is 2.38. The summed E-state index contributed by atoms with van der Waals surface area (Å²) >= 11 is 2.04. The highest BCUT2D eigenvalue weighted by Gasteiger charge is 2.01. The van der Waals surface area contributed by atoms with Gasteiger partial charge in [0.05, 0.1) is 3.57 Å². The molecule has 0 saturated heterocycles. The third-order valence-electron chi connectivity index (χ3n) is 1.46. The lowest BCUT2D eigenvalue weighted by Crippen LogP contribution is -1.95. The van der Waals surface area contributed by atoms with Gasteiger partial charge in [0.25, 0.3) is 0 Å². The number of Topliss-reactive ketones (excluding diaryl/α,β-unsaturated/α-hetero) is 1. The van der Waals surface area contributed by atoms with Gasteiger partial charge in [0.15, 0.2) is 0 Å². The Hall–Kier alpha value is -0.580. The lowest BCUT2D eigenvalue weighted by Gasteiger charge is -2.00. The van der Waals surface area contributed by atoms with Crippen molar-refractivity contribution in [3.63, 3.8) is 0 Å². The Labute approximate surface area is 84.7 Å². The first kappa shape index (κ1) is 9.51. The fourth-order valence-corrected chi connectivity index (χ4v) is 1.29. The SMILES string of the molecule is CC(=O)Cc1ccc(I)c(O)c1. The van der Waals surface area contributed by atoms with Crippen molar-refractivity contribution in [1.82, 2.24) is 0 Å². The van der Waals surface area contributed by atoms with Gasteiger partial charge in [0.1, 0.15) is 11.5 Å². The number of benzene rings is 1. The standard InChI is InChI=1S/C9H9IO2/c1-6(11)4-7-2-3-8(10)9(12)5-7/h2-3,5,12H,4H2,1H3. The maximum absolute atomic E-state index is 10.7. The highest BCUT2D eigenvalue weighted by molar-refractivity contribution is 14.1. The minimum absolute atomic E-state index is 0.107. The van der Waals surface area contributed by atoms with E-state index in [1.54, 1.807) is 12.1 Å². The molecule has 0 heterocycles. The Bertz CT molecular complexity index is 307. The molecular formula is C9H9IO2. The van der Waals surface area contributed by atoms with Crippen molar-refractivity contribution in [2.24, 2.45) is 0 Å². The minimum atomic E-state index is 0.107. The van der Waals surface area contributed by atoms with Crippen molar-refractivity contribution in [2.45, 2.75) is 13.3 Å². The van der Waals surface area contributed by atoms with E-state index in [4.69, 9.17) is 0 Å². The fraction of sp³-hybridized carbons (Fsp3) is 0.222. The van der Waals surface area contributed by atoms with Gasteiger partial charge in [-0.15, -0.1) is 0 Å². The first-order valence-electron chi connectivity index (χ1n) is 3.56. The molecule has 12 heavy (non-hydrogen) atoms. The Kier molecular flexibility index (Phi) is 3.08. The van der Waals surface area contributed by atoms with Crippen LogP contribution >= 0.6 is 22.6 Å². The zero-order chi connectivity index (χ0) is 9.14. The van der Waals surface area contributed by atoms with Gasteiger partial charge in [0, 0.05) is 6.42 Å². The van der Waals surface area contributed by atoms with Crippen molar-refractivity contribution in [1.29, 1.82) is 0 Å². The van der Waals surface area contributed by atoms with Crippen molar-refractivity contribution >= 4 is 28.4 Å². The van der Waals surface area contributed by atoms with Crippen LogP contribution < -0.4 is 0 Å². The number of phenols is 1. The summed E-state index contributed by atoms with van der Waals surface area (Å²) in [6.07, 6.45) is 0.393. The first-order valence-corrected chi connectivity index (χ1v) is 4.64. The van der Waals surface area contributed by atoms with Gasteiger partial charge in [0.2, 0.25) is 0 Å². The second-order valence-corrected chi connectivity index (χ2v) is 3.83. The van der Waals surface area contributed by atoms with Crippen LogP contribution in [0.5, 0.6) is 5.75 Å². The van der Waals surface area contributed by atoms with Crippen LogP contribution in [0.2, 0.25) is 0 Å². The highest BCUT2D eigenvalue weighted by Crippen LogP contribution is 2.20. The molecule has 1 rings (SSSR count). The molecule has 0 amide bonds. The molecule has 0 radical (unpaired) electrons. The van der Waals surface area contributed by atoms with E-state index in [0.29, 0.717) is 6.42 Å². The van der Waals surface area contributed by atoms with E-state index in [1.807, 2.05) is 28.7 Å². The molecule has 3 heteroatoms. The Balaban J connectivity index is 2.89. The number of phenolic OH excluding ortho intramolecular Hbond substituents is 1. The minimum Gasteiger partial charge on any atom is -0.507 e. The monoisotopic (exact) mass is 276 g/mol. The lowest BCUT2D eigenvalue weighted by molar-refractivity contribution is -0.116. The van der Waals surface area contributed by atoms with Crippen LogP contribution in [0.1, 0.15) is 12.5 Å². The van der Waals surface area contributed by atoms with Crippen molar-refractivity contribution in [3.8, 4) is 5.75 Å². The van der Waals surface area contributed by atoms with Crippen LogP contribution in [0.25, 0.3) is 0 Å². The molecule has 0 fully saturated rings. The summed E-state index contributed by atoms with van der Waals surface area (Å²) in [6.45, 7) is 1.54. The van der Waals surface area contributed by atoms with Gasteiger partial charge in [-0.05, 0) is 47.2 Å². The van der Waals surface area contributed by atoms with Gasteiger partial charge in [-0.2, -0.15) is 0 Å². The van der Waals surface area contributed by atoms with E-state index in [0.717, 1.165) is 9.13 Å². The van der Waals surface area contributed by atoms with E-state index in [2.05, 4.69) is 0 Å². The number of carbonyl (C=O) groups is 1. The molecule has 1 aromatic rings. The number of aromatic hydroxyl groups is 1. The summed E-state index contributed by atoms with van der Waals surface area (Å²) in [5, 5.41) is 9.29. The quantitative estimate of drug-likeness (QED) is 0.840. The van der Waals surface area contributed by atoms with Crippen molar-refractivity contribution in [3.05, 3.63) is 27.3 Å². The average Bonchev–Trinajstić information content (AvgIpc) is 1.96. The molecule has 0 unspecified atom stereocenters. The number of rotatable bonds is 2. The molecule has 64 valence electrons. The fourth-order valence-electron chi connectivity index (χ4n) is 0.956. The summed E-state index contributed by atoms with van der Waals surface area (Å²) in [6, 6.07) is 5.28. The first-order chi connectivity index (χ1) is 5.59. The van der Waals surface area contributed by atoms with E-state index in [-0.39, 0.29) is 11.5 Å². The third kappa shape index (κ3) is 2.48. The number of ketones is 1. The van der Waals surface area contributed by atoms with Crippen LogP contribution in [0.3, 0.4) is 0 Å². The summed E-state index contributed by atoms with van der Waals surface area (Å²) in [5.74, 6) is 0.352. The topological polar surface area (TPSA) is 37.3 Å². The zero-order valence-corrected chi connectivity index (χ0v) is 8.83. The molecular weight excluding hydrogens is 267 g/mol. The number of hydrogen-bond acceptors (Lipinski definition) is 2. The summed E-state index contributed by atoms with van der Waals surface area (Å²) in [5.41, 5.74) is 0.861. The molecule has 0 aliphatic heterocycles. The van der Waals surface area contributed by atoms with E-state index in [9.17, 15) is 9.90 Å². The summed E-state index contributed by atoms with van der Waals surface area (Å²) in [4.78, 5) is 10.7. The summed E-state index contributed by atoms with van der Waals surface area (Å²) in [7, 11) is 0. The highest BCUT2D eigenvalue weighted by atomic mass is 127. The second kappa shape index (κ2) is 3.89. The van der Waals surface area contributed by atoms with Gasteiger partial charge in [-0.3, -0.25) is 4.79 Å². The van der Waals surface area contributed by atoms with E-state index < -0.39 is 0 Å². The Morgan fingerprint density at radius 3 is 2.75 bits per heavy atom. The normalized spacial score (nSPS) is 9.83. The largest absolute Gasteiger partial charge is 0.507 e. The van der Waals surface area contributed by atoms with Crippen LogP contribution in [0.4, 0.5) is 0 Å². The zero-order valence-electron chi connectivity index (χ0n) is 6.67. The van der Waals surface area contributed by atoms with Gasteiger partial charge >= 0.3 is 0 Å². The molecule has 0 aliphatic rings.